The lowest BCUT2D eigenvalue weighted by molar-refractivity contribution is -0.128. The van der Waals surface area contributed by atoms with Crippen LogP contribution in [0.15, 0.2) is 75.1 Å². The number of hydrogen-bond acceptors (Lipinski definition) is 11. The van der Waals surface area contributed by atoms with Crippen molar-refractivity contribution < 1.29 is 28.3 Å². The monoisotopic (exact) mass is 768 g/mol. The minimum Gasteiger partial charge on any atom is -0.411 e. The molecule has 0 spiro atoms. The van der Waals surface area contributed by atoms with Crippen molar-refractivity contribution in [1.82, 2.24) is 29.4 Å². The Labute approximate surface area is 316 Å². The first-order chi connectivity index (χ1) is 25.2. The maximum absolute atomic E-state index is 14.3. The molecule has 1 saturated heterocycles. The van der Waals surface area contributed by atoms with Gasteiger partial charge in [0.25, 0.3) is 0 Å². The number of amides is 3. The molecule has 14 nitrogen and oxygen atoms in total. The van der Waals surface area contributed by atoms with Gasteiger partial charge in [-0.1, -0.05) is 81.7 Å². The summed E-state index contributed by atoms with van der Waals surface area (Å²) < 4.78 is 29.1. The number of thiazole rings is 1. The van der Waals surface area contributed by atoms with Crippen LogP contribution >= 0.6 is 11.3 Å². The second-order valence-corrected chi connectivity index (χ2v) is 16.7. The van der Waals surface area contributed by atoms with Crippen molar-refractivity contribution >= 4 is 45.7 Å². The molecule has 288 valence electrons. The fourth-order valence-corrected chi connectivity index (χ4v) is 8.41. The number of aliphatic hydroxyl groups is 1. The minimum atomic E-state index is -4.07. The summed E-state index contributed by atoms with van der Waals surface area (Å²) in [5.41, 5.74) is 2.10. The van der Waals surface area contributed by atoms with E-state index in [9.17, 15) is 23.1 Å². The summed E-state index contributed by atoms with van der Waals surface area (Å²) in [7, 11) is -0.425. The highest BCUT2D eigenvalue weighted by molar-refractivity contribution is 7.89. The smallest absolute Gasteiger partial charge is 0.321 e. The van der Waals surface area contributed by atoms with Gasteiger partial charge in [0.2, 0.25) is 15.9 Å². The van der Waals surface area contributed by atoms with E-state index in [0.29, 0.717) is 31.6 Å². The van der Waals surface area contributed by atoms with Crippen LogP contribution in [0.1, 0.15) is 55.9 Å². The zero-order chi connectivity index (χ0) is 38.7. The van der Waals surface area contributed by atoms with Crippen LogP contribution in [-0.4, -0.2) is 126 Å². The van der Waals surface area contributed by atoms with Crippen LogP contribution in [0.2, 0.25) is 0 Å². The molecule has 2 aromatic carbocycles. The fourth-order valence-electron chi connectivity index (χ4n) is 6.13. The summed E-state index contributed by atoms with van der Waals surface area (Å²) in [6, 6.07) is 13.3. The standard InChI is InChI=1S/C37H52N8O6S2/c1-7-27(4)35(45-18-17-43(37(45)48)23-30-25-52-34(40-30)21-38-42(5)6)36(47)41-32(19-28-11-9-8-10-12-28)33(46)24-44(22-26(2)3)53(50,51)31-15-13-29(14-16-31)20-39-49/h8-16,20-21,25-27,32-33,35,46,49H,7,17-19,22-24H2,1-6H3,(H,41,47)/t27-,32-,33-,35-/m0/s1. The summed E-state index contributed by atoms with van der Waals surface area (Å²) in [4.78, 5) is 36.0. The maximum atomic E-state index is 14.3. The number of carbonyl (C=O) groups excluding carboxylic acids is 2. The highest BCUT2D eigenvalue weighted by Crippen LogP contribution is 2.24. The molecule has 0 unspecified atom stereocenters. The number of benzene rings is 2. The third-order valence-electron chi connectivity index (χ3n) is 9.01. The fraction of sp³-hybridized carbons (Fsp3) is 0.486. The highest BCUT2D eigenvalue weighted by atomic mass is 32.2. The van der Waals surface area contributed by atoms with Crippen molar-refractivity contribution in [1.29, 1.82) is 0 Å². The highest BCUT2D eigenvalue weighted by Gasteiger charge is 2.41. The van der Waals surface area contributed by atoms with E-state index in [4.69, 9.17) is 5.21 Å². The molecular formula is C37H52N8O6S2. The maximum Gasteiger partial charge on any atom is 0.321 e. The lowest BCUT2D eigenvalue weighted by Gasteiger charge is -2.35. The second-order valence-electron chi connectivity index (χ2n) is 13.9. The molecule has 0 saturated carbocycles. The van der Waals surface area contributed by atoms with Crippen molar-refractivity contribution in [3.63, 3.8) is 0 Å². The first-order valence-corrected chi connectivity index (χ1v) is 20.1. The van der Waals surface area contributed by atoms with Gasteiger partial charge in [0.15, 0.2) is 0 Å². The summed E-state index contributed by atoms with van der Waals surface area (Å²) in [6.07, 6.45) is 2.42. The van der Waals surface area contributed by atoms with Gasteiger partial charge in [0, 0.05) is 45.7 Å². The number of aromatic nitrogens is 1. The molecule has 1 fully saturated rings. The van der Waals surface area contributed by atoms with E-state index in [1.165, 1.54) is 46.1 Å². The summed E-state index contributed by atoms with van der Waals surface area (Å²) >= 11 is 1.44. The molecule has 3 aromatic rings. The van der Waals surface area contributed by atoms with Crippen molar-refractivity contribution in [2.45, 2.75) is 70.2 Å². The van der Waals surface area contributed by atoms with Crippen molar-refractivity contribution in [3.8, 4) is 0 Å². The van der Waals surface area contributed by atoms with Crippen LogP contribution in [-0.2, 0) is 27.8 Å². The van der Waals surface area contributed by atoms with Gasteiger partial charge in [-0.15, -0.1) is 11.3 Å². The number of aliphatic hydroxyl groups excluding tert-OH is 1. The number of urea groups is 1. The molecule has 0 radical (unpaired) electrons. The van der Waals surface area contributed by atoms with Gasteiger partial charge >= 0.3 is 6.03 Å². The number of rotatable bonds is 19. The van der Waals surface area contributed by atoms with Gasteiger partial charge in [0.05, 0.1) is 41.7 Å². The topological polar surface area (TPSA) is 171 Å². The van der Waals surface area contributed by atoms with Crippen molar-refractivity contribution in [2.24, 2.45) is 22.1 Å². The van der Waals surface area contributed by atoms with E-state index in [1.54, 1.807) is 21.0 Å². The number of hydrogen-bond donors (Lipinski definition) is 3. The Bertz CT molecular complexity index is 1800. The zero-order valence-corrected chi connectivity index (χ0v) is 32.9. The van der Waals surface area contributed by atoms with Gasteiger partial charge in [0.1, 0.15) is 11.0 Å². The summed E-state index contributed by atoms with van der Waals surface area (Å²) in [6.45, 7) is 8.57. The third-order valence-corrected chi connectivity index (χ3v) is 11.7. The van der Waals surface area contributed by atoms with Gasteiger partial charge in [-0.3, -0.25) is 4.79 Å². The van der Waals surface area contributed by atoms with Crippen LogP contribution in [0, 0.1) is 11.8 Å². The van der Waals surface area contributed by atoms with E-state index >= 15 is 0 Å². The predicted octanol–water partition coefficient (Wildman–Crippen LogP) is 3.93. The Balaban J connectivity index is 1.57. The Morgan fingerprint density at radius 3 is 2.38 bits per heavy atom. The Morgan fingerprint density at radius 2 is 1.75 bits per heavy atom. The van der Waals surface area contributed by atoms with E-state index in [1.807, 2.05) is 77.5 Å². The van der Waals surface area contributed by atoms with E-state index in [-0.39, 0.29) is 42.3 Å². The van der Waals surface area contributed by atoms with Crippen molar-refractivity contribution in [2.75, 3.05) is 40.3 Å². The van der Waals surface area contributed by atoms with E-state index < -0.39 is 34.1 Å². The summed E-state index contributed by atoms with van der Waals surface area (Å²) in [5, 5.41) is 35.2. The molecule has 53 heavy (non-hydrogen) atoms. The van der Waals surface area contributed by atoms with Gasteiger partial charge < -0.3 is 30.4 Å². The molecule has 3 amide bonds. The predicted molar refractivity (Wildman–Crippen MR) is 207 cm³/mol. The molecule has 0 bridgehead atoms. The number of carbonyl (C=O) groups is 2. The first-order valence-electron chi connectivity index (χ1n) is 17.7. The lowest BCUT2D eigenvalue weighted by atomic mass is 9.95. The molecule has 2 heterocycles. The third kappa shape index (κ3) is 11.3. The number of sulfonamides is 1. The average molecular weight is 769 g/mol. The van der Waals surface area contributed by atoms with Crippen LogP contribution < -0.4 is 5.32 Å². The van der Waals surface area contributed by atoms with Gasteiger partial charge in [-0.05, 0) is 41.5 Å². The number of nitrogens with zero attached hydrogens (tertiary/aromatic N) is 7. The van der Waals surface area contributed by atoms with Gasteiger partial charge in [-0.25, -0.2) is 18.2 Å². The molecule has 16 heteroatoms. The zero-order valence-electron chi connectivity index (χ0n) is 31.2. The van der Waals surface area contributed by atoms with Crippen LogP contribution in [0.4, 0.5) is 4.79 Å². The second kappa shape index (κ2) is 19.1. The number of nitrogens with one attached hydrogen (secondary N) is 1. The normalized spacial score (nSPS) is 16.2. The van der Waals surface area contributed by atoms with Crippen LogP contribution in [0.25, 0.3) is 0 Å². The molecule has 4 rings (SSSR count). The molecule has 1 aliphatic heterocycles. The Hall–Kier alpha value is -4.38. The molecule has 1 aliphatic rings. The SMILES string of the molecule is CC[C@H](C)[C@@H](C(=O)N[C@@H](Cc1ccccc1)[C@@H](O)CN(CC(C)C)S(=O)(=O)c1ccc(C=NO)cc1)N1CCN(Cc2csc(C=NN(C)C)n2)C1=O. The van der Waals surface area contributed by atoms with Crippen LogP contribution in [0.5, 0.6) is 0 Å². The van der Waals surface area contributed by atoms with Gasteiger partial charge in [-0.2, -0.15) is 9.41 Å². The quantitative estimate of drug-likeness (QED) is 0.0936. The average Bonchev–Trinajstić information content (AvgIpc) is 3.73. The minimum absolute atomic E-state index is 0.0218. The molecular weight excluding hydrogens is 717 g/mol. The molecule has 4 atom stereocenters. The Kier molecular flexibility index (Phi) is 14.9. The van der Waals surface area contributed by atoms with Crippen molar-refractivity contribution in [3.05, 3.63) is 81.8 Å². The van der Waals surface area contributed by atoms with Crippen LogP contribution in [0.3, 0.4) is 0 Å². The number of oxime groups is 1. The van der Waals surface area contributed by atoms with E-state index in [0.717, 1.165) is 16.3 Å². The largest absolute Gasteiger partial charge is 0.411 e. The Morgan fingerprint density at radius 1 is 1.06 bits per heavy atom. The summed E-state index contributed by atoms with van der Waals surface area (Å²) in [5.74, 6) is -0.691. The molecule has 3 N–H and O–H groups in total. The molecule has 0 aliphatic carbocycles. The lowest BCUT2D eigenvalue weighted by Crippen LogP contribution is -2.57. The molecule has 1 aromatic heterocycles. The first kappa shape index (κ1) is 41.4. The van der Waals surface area contributed by atoms with E-state index in [2.05, 4.69) is 20.6 Å². The number of hydrazone groups is 1.